The lowest BCUT2D eigenvalue weighted by molar-refractivity contribution is 0.0469. The highest BCUT2D eigenvalue weighted by Crippen LogP contribution is 2.27. The first-order valence-corrected chi connectivity index (χ1v) is 12.0. The van der Waals surface area contributed by atoms with E-state index in [0.717, 1.165) is 36.5 Å². The van der Waals surface area contributed by atoms with Gasteiger partial charge in [-0.05, 0) is 49.4 Å². The number of methoxy groups -OCH3 is 2. The maximum atomic E-state index is 13.5. The molecular weight excluding hydrogens is 434 g/mol. The second kappa shape index (κ2) is 10.2. The van der Waals surface area contributed by atoms with Gasteiger partial charge in [0, 0.05) is 57.4 Å². The Balaban J connectivity index is 1.62. The molecule has 0 saturated carbocycles. The number of ether oxygens (including phenoxy) is 2. The number of hydrogen-bond acceptors (Lipinski definition) is 6. The highest BCUT2D eigenvalue weighted by atomic mass is 16.5. The zero-order chi connectivity index (χ0) is 24.4. The van der Waals surface area contributed by atoms with E-state index in [-0.39, 0.29) is 11.5 Å². The molecule has 0 radical (unpaired) electrons. The number of amides is 1. The van der Waals surface area contributed by atoms with Gasteiger partial charge in [-0.25, -0.2) is 0 Å². The lowest BCUT2D eigenvalue weighted by Gasteiger charge is -2.31. The number of aliphatic hydroxyl groups is 1. The molecule has 0 bridgehead atoms. The van der Waals surface area contributed by atoms with Crippen LogP contribution in [-0.2, 0) is 19.5 Å². The summed E-state index contributed by atoms with van der Waals surface area (Å²) in [6.45, 7) is 7.74. The Bertz CT molecular complexity index is 1130. The van der Waals surface area contributed by atoms with Gasteiger partial charge in [-0.15, -0.1) is 0 Å². The molecule has 2 aliphatic heterocycles. The van der Waals surface area contributed by atoms with E-state index in [1.165, 1.54) is 24.3 Å². The molecule has 184 valence electrons. The molecule has 8 heteroatoms. The Hall–Kier alpha value is -2.84. The molecule has 2 aliphatic rings. The van der Waals surface area contributed by atoms with Crippen LogP contribution < -0.4 is 15.0 Å². The number of piperidine rings is 1. The van der Waals surface area contributed by atoms with Crippen molar-refractivity contribution in [1.29, 1.82) is 0 Å². The summed E-state index contributed by atoms with van der Waals surface area (Å²) in [5.74, 6) is 1.03. The molecule has 1 atom stereocenters. The highest BCUT2D eigenvalue weighted by Gasteiger charge is 2.30. The van der Waals surface area contributed by atoms with Crippen molar-refractivity contribution in [3.63, 3.8) is 0 Å². The molecule has 4 rings (SSSR count). The fourth-order valence-corrected chi connectivity index (χ4v) is 5.12. The van der Waals surface area contributed by atoms with Crippen LogP contribution in [0.3, 0.4) is 0 Å². The molecule has 1 fully saturated rings. The van der Waals surface area contributed by atoms with E-state index in [4.69, 9.17) is 9.47 Å². The summed E-state index contributed by atoms with van der Waals surface area (Å²) >= 11 is 0. The summed E-state index contributed by atoms with van der Waals surface area (Å²) in [5, 5.41) is 10.1. The zero-order valence-corrected chi connectivity index (χ0v) is 20.6. The molecule has 1 aromatic carbocycles. The number of aromatic nitrogens is 1. The van der Waals surface area contributed by atoms with Gasteiger partial charge in [0.15, 0.2) is 0 Å². The third-order valence-corrected chi connectivity index (χ3v) is 7.05. The fourth-order valence-electron chi connectivity index (χ4n) is 5.12. The van der Waals surface area contributed by atoms with E-state index in [1.54, 1.807) is 16.6 Å². The minimum absolute atomic E-state index is 0.152. The predicted octanol–water partition coefficient (Wildman–Crippen LogP) is 2.14. The Labute approximate surface area is 200 Å². The second-order valence-corrected chi connectivity index (χ2v) is 9.35. The maximum Gasteiger partial charge on any atom is 0.259 e. The number of rotatable bonds is 5. The SMILES string of the molecule is COc1cc(C)c(CN2CCc3c(C(=O)N4CCC[C@@H](O)C4)c(OC)cc(=O)n3CC2)cc1C. The van der Waals surface area contributed by atoms with Crippen molar-refractivity contribution in [2.45, 2.75) is 52.3 Å². The van der Waals surface area contributed by atoms with Crippen molar-refractivity contribution >= 4 is 5.91 Å². The van der Waals surface area contributed by atoms with Crippen LogP contribution in [-0.4, -0.2) is 71.9 Å². The van der Waals surface area contributed by atoms with Gasteiger partial charge >= 0.3 is 0 Å². The van der Waals surface area contributed by atoms with Crippen LogP contribution in [0.15, 0.2) is 23.0 Å². The molecule has 1 N–H and O–H groups in total. The van der Waals surface area contributed by atoms with E-state index < -0.39 is 6.10 Å². The van der Waals surface area contributed by atoms with Crippen molar-refractivity contribution in [3.8, 4) is 11.5 Å². The number of aliphatic hydroxyl groups excluding tert-OH is 1. The van der Waals surface area contributed by atoms with E-state index in [2.05, 4.69) is 24.0 Å². The number of likely N-dealkylation sites (tertiary alicyclic amines) is 1. The Morgan fingerprint density at radius 2 is 1.79 bits per heavy atom. The lowest BCUT2D eigenvalue weighted by Crippen LogP contribution is -2.43. The predicted molar refractivity (Wildman–Crippen MR) is 130 cm³/mol. The number of β-amino-alcohol motifs (C(OH)–C–C–N with tert-alkyl or cyclic N) is 1. The van der Waals surface area contributed by atoms with Gasteiger partial charge in [-0.3, -0.25) is 14.5 Å². The smallest absolute Gasteiger partial charge is 0.259 e. The van der Waals surface area contributed by atoms with Crippen LogP contribution in [0.4, 0.5) is 0 Å². The van der Waals surface area contributed by atoms with Gasteiger partial charge in [0.25, 0.3) is 11.5 Å². The van der Waals surface area contributed by atoms with Crippen LogP contribution in [0.2, 0.25) is 0 Å². The molecule has 8 nitrogen and oxygen atoms in total. The van der Waals surface area contributed by atoms with Crippen LogP contribution in [0.1, 0.15) is 45.6 Å². The fraction of sp³-hybridized carbons (Fsp3) is 0.538. The zero-order valence-electron chi connectivity index (χ0n) is 20.6. The number of fused-ring (bicyclic) bond motifs is 1. The molecule has 2 aromatic rings. The Kier molecular flexibility index (Phi) is 7.28. The van der Waals surface area contributed by atoms with Crippen molar-refractivity contribution in [1.82, 2.24) is 14.4 Å². The average molecular weight is 470 g/mol. The average Bonchev–Trinajstić information content (AvgIpc) is 3.03. The van der Waals surface area contributed by atoms with Crippen LogP contribution in [0, 0.1) is 13.8 Å². The highest BCUT2D eigenvalue weighted by molar-refractivity contribution is 5.98. The van der Waals surface area contributed by atoms with Gasteiger partial charge in [0.05, 0.1) is 20.3 Å². The summed E-state index contributed by atoms with van der Waals surface area (Å²) in [7, 11) is 3.18. The van der Waals surface area contributed by atoms with Gasteiger partial charge in [0.2, 0.25) is 0 Å². The summed E-state index contributed by atoms with van der Waals surface area (Å²) in [6, 6.07) is 5.65. The number of pyridine rings is 1. The summed E-state index contributed by atoms with van der Waals surface area (Å²) in [6.07, 6.45) is 1.52. The number of nitrogens with zero attached hydrogens (tertiary/aromatic N) is 3. The van der Waals surface area contributed by atoms with Crippen LogP contribution >= 0.6 is 0 Å². The molecule has 0 unspecified atom stereocenters. The first kappa shape index (κ1) is 24.3. The maximum absolute atomic E-state index is 13.5. The standard InChI is InChI=1S/C26H35N3O5/c1-17-13-22(33-3)18(2)12-19(17)15-27-9-7-21-25(26(32)28-8-5-6-20(30)16-28)23(34-4)14-24(31)29(21)11-10-27/h12-14,20,30H,5-11,15-16H2,1-4H3/t20-/m1/s1. The first-order chi connectivity index (χ1) is 16.3. The third kappa shape index (κ3) is 4.83. The summed E-state index contributed by atoms with van der Waals surface area (Å²) in [4.78, 5) is 30.5. The van der Waals surface area contributed by atoms with E-state index in [9.17, 15) is 14.7 Å². The van der Waals surface area contributed by atoms with Crippen molar-refractivity contribution in [2.75, 3.05) is 40.4 Å². The molecule has 0 spiro atoms. The first-order valence-electron chi connectivity index (χ1n) is 12.0. The monoisotopic (exact) mass is 469 g/mol. The number of benzene rings is 1. The van der Waals surface area contributed by atoms with Crippen molar-refractivity contribution in [3.05, 3.63) is 56.5 Å². The Morgan fingerprint density at radius 1 is 1.03 bits per heavy atom. The number of carbonyl (C=O) groups excluding carboxylic acids is 1. The minimum Gasteiger partial charge on any atom is -0.496 e. The van der Waals surface area contributed by atoms with Crippen molar-refractivity contribution in [2.24, 2.45) is 0 Å². The summed E-state index contributed by atoms with van der Waals surface area (Å²) < 4.78 is 12.7. The summed E-state index contributed by atoms with van der Waals surface area (Å²) in [5.41, 5.74) is 4.52. The molecule has 3 heterocycles. The molecule has 0 aliphatic carbocycles. The largest absolute Gasteiger partial charge is 0.496 e. The molecule has 34 heavy (non-hydrogen) atoms. The molecule has 1 amide bonds. The molecular formula is C26H35N3O5. The number of aryl methyl sites for hydroxylation is 2. The number of carbonyl (C=O) groups is 1. The number of hydrogen-bond donors (Lipinski definition) is 1. The quantitative estimate of drug-likeness (QED) is 0.722. The van der Waals surface area contributed by atoms with Gasteiger partial charge in [-0.1, -0.05) is 6.07 Å². The Morgan fingerprint density at radius 3 is 2.50 bits per heavy atom. The molecule has 1 aromatic heterocycles. The van der Waals surface area contributed by atoms with Crippen LogP contribution in [0.25, 0.3) is 0 Å². The molecule has 1 saturated heterocycles. The van der Waals surface area contributed by atoms with Gasteiger partial charge < -0.3 is 24.0 Å². The van der Waals surface area contributed by atoms with E-state index in [1.807, 2.05) is 6.92 Å². The minimum atomic E-state index is -0.514. The third-order valence-electron chi connectivity index (χ3n) is 7.05. The van der Waals surface area contributed by atoms with E-state index >= 15 is 0 Å². The normalized spacial score (nSPS) is 18.9. The lowest BCUT2D eigenvalue weighted by atomic mass is 10.0. The second-order valence-electron chi connectivity index (χ2n) is 9.35. The van der Waals surface area contributed by atoms with Gasteiger partial charge in [0.1, 0.15) is 17.1 Å². The van der Waals surface area contributed by atoms with Crippen molar-refractivity contribution < 1.29 is 19.4 Å². The van der Waals surface area contributed by atoms with Crippen LogP contribution in [0.5, 0.6) is 11.5 Å². The van der Waals surface area contributed by atoms with Gasteiger partial charge in [-0.2, -0.15) is 0 Å². The van der Waals surface area contributed by atoms with E-state index in [0.29, 0.717) is 50.3 Å². The topological polar surface area (TPSA) is 84.2 Å².